The largest absolute Gasteiger partial charge is 0.348 e. The SMILES string of the molecule is C[C@H](NC(=O)[C@@H](C)N(c1cc(Cl)ccc1Cl)S(C)(=O)=O)c1ccc(F)cc1. The van der Waals surface area contributed by atoms with E-state index in [1.54, 1.807) is 19.1 Å². The molecule has 27 heavy (non-hydrogen) atoms. The number of halogens is 3. The Hall–Kier alpha value is -1.83. The van der Waals surface area contributed by atoms with Crippen LogP contribution in [0.2, 0.25) is 10.0 Å². The van der Waals surface area contributed by atoms with Crippen molar-refractivity contribution in [1.82, 2.24) is 5.32 Å². The Morgan fingerprint density at radius 2 is 1.70 bits per heavy atom. The second-order valence-corrected chi connectivity index (χ2v) is 8.82. The van der Waals surface area contributed by atoms with Crippen LogP contribution in [0.1, 0.15) is 25.5 Å². The summed E-state index contributed by atoms with van der Waals surface area (Å²) < 4.78 is 38.7. The number of carbonyl (C=O) groups is 1. The van der Waals surface area contributed by atoms with Gasteiger partial charge in [0.05, 0.1) is 23.0 Å². The average molecular weight is 433 g/mol. The summed E-state index contributed by atoms with van der Waals surface area (Å²) in [5, 5.41) is 3.16. The van der Waals surface area contributed by atoms with Crippen molar-refractivity contribution >= 4 is 44.8 Å². The van der Waals surface area contributed by atoms with Crippen molar-refractivity contribution in [3.8, 4) is 0 Å². The number of sulfonamides is 1. The summed E-state index contributed by atoms with van der Waals surface area (Å²) in [6.07, 6.45) is 0.984. The minimum atomic E-state index is -3.83. The van der Waals surface area contributed by atoms with Crippen molar-refractivity contribution in [2.75, 3.05) is 10.6 Å². The van der Waals surface area contributed by atoms with Crippen molar-refractivity contribution in [3.05, 3.63) is 63.9 Å². The van der Waals surface area contributed by atoms with Crippen LogP contribution in [0.4, 0.5) is 10.1 Å². The number of anilines is 1. The van der Waals surface area contributed by atoms with Gasteiger partial charge in [-0.25, -0.2) is 12.8 Å². The van der Waals surface area contributed by atoms with E-state index in [9.17, 15) is 17.6 Å². The highest BCUT2D eigenvalue weighted by Gasteiger charge is 2.31. The Labute approximate surface area is 168 Å². The van der Waals surface area contributed by atoms with Crippen molar-refractivity contribution in [2.45, 2.75) is 25.9 Å². The highest BCUT2D eigenvalue weighted by molar-refractivity contribution is 7.92. The number of hydrogen-bond acceptors (Lipinski definition) is 3. The highest BCUT2D eigenvalue weighted by Crippen LogP contribution is 2.32. The molecule has 2 aromatic rings. The van der Waals surface area contributed by atoms with E-state index in [4.69, 9.17) is 23.2 Å². The van der Waals surface area contributed by atoms with Crippen LogP contribution >= 0.6 is 23.2 Å². The van der Waals surface area contributed by atoms with Crippen LogP contribution in [-0.2, 0) is 14.8 Å². The van der Waals surface area contributed by atoms with Gasteiger partial charge in [-0.2, -0.15) is 0 Å². The Kier molecular flexibility index (Phi) is 6.72. The molecular weight excluding hydrogens is 414 g/mol. The van der Waals surface area contributed by atoms with Crippen molar-refractivity contribution < 1.29 is 17.6 Å². The van der Waals surface area contributed by atoms with Crippen molar-refractivity contribution in [1.29, 1.82) is 0 Å². The first-order chi connectivity index (χ1) is 12.5. The summed E-state index contributed by atoms with van der Waals surface area (Å²) in [7, 11) is -3.83. The zero-order valence-electron chi connectivity index (χ0n) is 14.9. The number of amides is 1. The van der Waals surface area contributed by atoms with Gasteiger partial charge < -0.3 is 5.32 Å². The van der Waals surface area contributed by atoms with Gasteiger partial charge >= 0.3 is 0 Å². The summed E-state index contributed by atoms with van der Waals surface area (Å²) in [6, 6.07) is 8.51. The van der Waals surface area contributed by atoms with E-state index < -0.39 is 28.0 Å². The topological polar surface area (TPSA) is 66.5 Å². The lowest BCUT2D eigenvalue weighted by atomic mass is 10.1. The minimum Gasteiger partial charge on any atom is -0.348 e. The molecule has 1 N–H and O–H groups in total. The third-order valence-corrected chi connectivity index (χ3v) is 5.75. The lowest BCUT2D eigenvalue weighted by molar-refractivity contribution is -0.122. The molecule has 0 fully saturated rings. The highest BCUT2D eigenvalue weighted by atomic mass is 35.5. The lowest BCUT2D eigenvalue weighted by Gasteiger charge is -2.30. The fourth-order valence-corrected chi connectivity index (χ4v) is 4.21. The quantitative estimate of drug-likeness (QED) is 0.744. The number of nitrogens with zero attached hydrogens (tertiary/aromatic N) is 1. The first kappa shape index (κ1) is 21.5. The third-order valence-electron chi connectivity index (χ3n) is 3.96. The fourth-order valence-electron chi connectivity index (χ4n) is 2.60. The van der Waals surface area contributed by atoms with E-state index in [0.29, 0.717) is 5.56 Å². The fraction of sp³-hybridized carbons (Fsp3) is 0.278. The predicted molar refractivity (Wildman–Crippen MR) is 106 cm³/mol. The van der Waals surface area contributed by atoms with Gasteiger partial charge in [-0.3, -0.25) is 9.10 Å². The van der Waals surface area contributed by atoms with Crippen molar-refractivity contribution in [2.24, 2.45) is 0 Å². The molecule has 0 spiro atoms. The van der Waals surface area contributed by atoms with Gasteiger partial charge in [0.25, 0.3) is 0 Å². The van der Waals surface area contributed by atoms with Crippen LogP contribution < -0.4 is 9.62 Å². The summed E-state index contributed by atoms with van der Waals surface area (Å²) in [5.41, 5.74) is 0.799. The summed E-state index contributed by atoms with van der Waals surface area (Å²) >= 11 is 12.1. The van der Waals surface area contributed by atoms with Gasteiger partial charge in [0.1, 0.15) is 11.9 Å². The monoisotopic (exact) mass is 432 g/mol. The first-order valence-electron chi connectivity index (χ1n) is 8.01. The molecule has 9 heteroatoms. The molecule has 0 aliphatic heterocycles. The lowest BCUT2D eigenvalue weighted by Crippen LogP contribution is -2.48. The number of benzene rings is 2. The number of hydrogen-bond donors (Lipinski definition) is 1. The van der Waals surface area contributed by atoms with Gasteiger partial charge in [-0.15, -0.1) is 0 Å². The van der Waals surface area contributed by atoms with Crippen LogP contribution in [0, 0.1) is 5.82 Å². The molecule has 0 saturated carbocycles. The molecule has 2 aromatic carbocycles. The molecule has 0 heterocycles. The standard InChI is InChI=1S/C18H19Cl2FN2O3S/c1-11(13-4-7-15(21)8-5-13)22-18(24)12(2)23(27(3,25)26)17-10-14(19)6-9-16(17)20/h4-12H,1-3H3,(H,22,24)/t11-,12+/m0/s1. The summed E-state index contributed by atoms with van der Waals surface area (Å²) in [4.78, 5) is 12.7. The molecule has 2 rings (SSSR count). The minimum absolute atomic E-state index is 0.115. The molecular formula is C18H19Cl2FN2O3S. The van der Waals surface area contributed by atoms with Gasteiger partial charge in [0.15, 0.2) is 0 Å². The van der Waals surface area contributed by atoms with E-state index in [0.717, 1.165) is 10.6 Å². The Morgan fingerprint density at radius 1 is 1.11 bits per heavy atom. The van der Waals surface area contributed by atoms with E-state index in [1.807, 2.05) is 0 Å². The second kappa shape index (κ2) is 8.46. The molecule has 0 aliphatic rings. The van der Waals surface area contributed by atoms with E-state index in [2.05, 4.69) is 5.32 Å². The molecule has 0 unspecified atom stereocenters. The van der Waals surface area contributed by atoms with Gasteiger partial charge in [-0.05, 0) is 49.7 Å². The maximum atomic E-state index is 13.1. The molecule has 1 amide bonds. The van der Waals surface area contributed by atoms with Gasteiger partial charge in [0.2, 0.25) is 15.9 Å². The normalized spacial score (nSPS) is 13.7. The Bertz CT molecular complexity index is 936. The van der Waals surface area contributed by atoms with Gasteiger partial charge in [0, 0.05) is 5.02 Å². The van der Waals surface area contributed by atoms with E-state index in [-0.39, 0.29) is 21.5 Å². The molecule has 5 nitrogen and oxygen atoms in total. The second-order valence-electron chi connectivity index (χ2n) is 6.11. The molecule has 0 bridgehead atoms. The zero-order valence-corrected chi connectivity index (χ0v) is 17.2. The Balaban J connectivity index is 2.30. The smallest absolute Gasteiger partial charge is 0.244 e. The average Bonchev–Trinajstić information content (AvgIpc) is 2.57. The Morgan fingerprint density at radius 3 is 2.26 bits per heavy atom. The van der Waals surface area contributed by atoms with Crippen molar-refractivity contribution in [3.63, 3.8) is 0 Å². The van der Waals surface area contributed by atoms with Crippen LogP contribution in [0.3, 0.4) is 0 Å². The zero-order chi connectivity index (χ0) is 20.4. The maximum Gasteiger partial charge on any atom is 0.244 e. The first-order valence-corrected chi connectivity index (χ1v) is 10.6. The van der Waals surface area contributed by atoms with Crippen LogP contribution in [0.5, 0.6) is 0 Å². The maximum absolute atomic E-state index is 13.1. The number of rotatable bonds is 6. The molecule has 0 radical (unpaired) electrons. The van der Waals surface area contributed by atoms with Crippen LogP contribution in [0.25, 0.3) is 0 Å². The molecule has 0 aliphatic carbocycles. The van der Waals surface area contributed by atoms with Gasteiger partial charge in [-0.1, -0.05) is 35.3 Å². The number of carbonyl (C=O) groups excluding carboxylic acids is 1. The molecule has 0 saturated heterocycles. The summed E-state index contributed by atoms with van der Waals surface area (Å²) in [6.45, 7) is 3.17. The molecule has 2 atom stereocenters. The van der Waals surface area contributed by atoms with Crippen LogP contribution in [0.15, 0.2) is 42.5 Å². The van der Waals surface area contributed by atoms with E-state index in [1.165, 1.54) is 37.3 Å². The third kappa shape index (κ3) is 5.34. The number of nitrogens with one attached hydrogen (secondary N) is 1. The van der Waals surface area contributed by atoms with E-state index >= 15 is 0 Å². The van der Waals surface area contributed by atoms with Crippen LogP contribution in [-0.4, -0.2) is 26.6 Å². The molecule has 0 aromatic heterocycles. The summed E-state index contributed by atoms with van der Waals surface area (Å²) in [5.74, 6) is -0.919. The predicted octanol–water partition coefficient (Wildman–Crippen LogP) is 4.16. The molecule has 146 valence electrons.